The number of anilines is 1. The minimum absolute atomic E-state index is 0.470. The third kappa shape index (κ3) is 5.91. The van der Waals surface area contributed by atoms with Crippen LogP contribution in [0.3, 0.4) is 0 Å². The Labute approximate surface area is 173 Å². The minimum Gasteiger partial charge on any atom is -0.494 e. The van der Waals surface area contributed by atoms with E-state index in [2.05, 4.69) is 27.3 Å². The Morgan fingerprint density at radius 1 is 0.963 bits per heavy atom. The molecule has 0 aliphatic carbocycles. The van der Waals surface area contributed by atoms with E-state index in [1.54, 1.807) is 0 Å². The van der Waals surface area contributed by atoms with E-state index < -0.39 is 0 Å². The predicted octanol–water partition coefficient (Wildman–Crippen LogP) is 6.69. The molecule has 3 nitrogen and oxygen atoms in total. The molecule has 0 unspecified atom stereocenters. The molecule has 0 aliphatic rings. The van der Waals surface area contributed by atoms with E-state index in [9.17, 15) is 0 Å². The van der Waals surface area contributed by atoms with Gasteiger partial charge in [-0.1, -0.05) is 39.7 Å². The molecule has 0 saturated heterocycles. The number of hydrogen-bond donors (Lipinski definition) is 1. The Balaban J connectivity index is 1.66. The first-order valence-corrected chi connectivity index (χ1v) is 9.93. The first-order valence-electron chi connectivity index (χ1n) is 8.76. The SMILES string of the molecule is CCOc1ccc(NCc2cc(Br)ccc2OCc2cccc(Cl)c2)cc1. The van der Waals surface area contributed by atoms with Gasteiger partial charge in [-0.15, -0.1) is 0 Å². The number of hydrogen-bond acceptors (Lipinski definition) is 3. The molecule has 0 radical (unpaired) electrons. The normalized spacial score (nSPS) is 10.5. The van der Waals surface area contributed by atoms with Gasteiger partial charge in [0.1, 0.15) is 18.1 Å². The molecule has 0 saturated carbocycles. The lowest BCUT2D eigenvalue weighted by atomic mass is 10.2. The molecular weight excluding hydrogens is 426 g/mol. The first kappa shape index (κ1) is 19.6. The van der Waals surface area contributed by atoms with Gasteiger partial charge < -0.3 is 14.8 Å². The fourth-order valence-corrected chi connectivity index (χ4v) is 3.27. The van der Waals surface area contributed by atoms with Crippen molar-refractivity contribution in [3.63, 3.8) is 0 Å². The van der Waals surface area contributed by atoms with Crippen molar-refractivity contribution in [1.82, 2.24) is 0 Å². The summed E-state index contributed by atoms with van der Waals surface area (Å²) in [5.74, 6) is 1.72. The quantitative estimate of drug-likeness (QED) is 0.418. The van der Waals surface area contributed by atoms with Gasteiger partial charge in [0.2, 0.25) is 0 Å². The average Bonchev–Trinajstić information content (AvgIpc) is 2.67. The van der Waals surface area contributed by atoms with Crippen LogP contribution in [0.25, 0.3) is 0 Å². The summed E-state index contributed by atoms with van der Waals surface area (Å²) >= 11 is 9.58. The van der Waals surface area contributed by atoms with E-state index in [4.69, 9.17) is 21.1 Å². The first-order chi connectivity index (χ1) is 13.1. The summed E-state index contributed by atoms with van der Waals surface area (Å²) in [5.41, 5.74) is 3.13. The monoisotopic (exact) mass is 445 g/mol. The molecule has 3 aromatic carbocycles. The molecule has 0 spiro atoms. The zero-order valence-electron chi connectivity index (χ0n) is 15.0. The highest BCUT2D eigenvalue weighted by atomic mass is 79.9. The van der Waals surface area contributed by atoms with Crippen molar-refractivity contribution in [2.24, 2.45) is 0 Å². The third-order valence-corrected chi connectivity index (χ3v) is 4.68. The Hall–Kier alpha value is -2.17. The van der Waals surface area contributed by atoms with Crippen LogP contribution in [0.15, 0.2) is 71.2 Å². The van der Waals surface area contributed by atoms with Gasteiger partial charge in [-0.25, -0.2) is 0 Å². The van der Waals surface area contributed by atoms with Crippen LogP contribution >= 0.6 is 27.5 Å². The molecule has 3 aromatic rings. The fourth-order valence-electron chi connectivity index (χ4n) is 2.65. The summed E-state index contributed by atoms with van der Waals surface area (Å²) in [6.45, 7) is 3.76. The van der Waals surface area contributed by atoms with Crippen LogP contribution in [-0.2, 0) is 13.2 Å². The topological polar surface area (TPSA) is 30.5 Å². The van der Waals surface area contributed by atoms with Crippen LogP contribution < -0.4 is 14.8 Å². The van der Waals surface area contributed by atoms with Crippen molar-refractivity contribution in [3.05, 3.63) is 87.4 Å². The second kappa shape index (κ2) is 9.67. The molecule has 27 heavy (non-hydrogen) atoms. The van der Waals surface area contributed by atoms with Crippen molar-refractivity contribution >= 4 is 33.2 Å². The highest BCUT2D eigenvalue weighted by molar-refractivity contribution is 9.10. The molecule has 5 heteroatoms. The van der Waals surface area contributed by atoms with E-state index in [0.717, 1.165) is 32.8 Å². The number of halogens is 2. The molecule has 3 rings (SSSR count). The lowest BCUT2D eigenvalue weighted by molar-refractivity contribution is 0.303. The summed E-state index contributed by atoms with van der Waals surface area (Å²) in [4.78, 5) is 0. The summed E-state index contributed by atoms with van der Waals surface area (Å²) < 4.78 is 12.5. The molecular formula is C22H21BrClNO2. The van der Waals surface area contributed by atoms with Crippen LogP contribution in [-0.4, -0.2) is 6.61 Å². The summed E-state index contributed by atoms with van der Waals surface area (Å²) in [5, 5.41) is 4.14. The molecule has 0 aliphatic heterocycles. The number of nitrogens with one attached hydrogen (secondary N) is 1. The minimum atomic E-state index is 0.470. The largest absolute Gasteiger partial charge is 0.494 e. The maximum Gasteiger partial charge on any atom is 0.124 e. The molecule has 0 heterocycles. The lowest BCUT2D eigenvalue weighted by Crippen LogP contribution is -2.04. The average molecular weight is 447 g/mol. The van der Waals surface area contributed by atoms with E-state index in [1.165, 1.54) is 0 Å². The standard InChI is InChI=1S/C22H21BrClNO2/c1-2-26-21-9-7-20(8-10-21)25-14-17-13-18(23)6-11-22(17)27-15-16-4-3-5-19(24)12-16/h3-13,25H,2,14-15H2,1H3. The molecule has 1 N–H and O–H groups in total. The maximum absolute atomic E-state index is 6.05. The number of benzene rings is 3. The van der Waals surface area contributed by atoms with Gasteiger partial charge in [-0.2, -0.15) is 0 Å². The van der Waals surface area contributed by atoms with Gasteiger partial charge in [0.05, 0.1) is 6.61 Å². The van der Waals surface area contributed by atoms with E-state index in [1.807, 2.05) is 67.6 Å². The van der Waals surface area contributed by atoms with Crippen LogP contribution in [0.2, 0.25) is 5.02 Å². The lowest BCUT2D eigenvalue weighted by Gasteiger charge is -2.14. The zero-order chi connectivity index (χ0) is 19.1. The van der Waals surface area contributed by atoms with E-state index >= 15 is 0 Å². The predicted molar refractivity (Wildman–Crippen MR) is 115 cm³/mol. The smallest absolute Gasteiger partial charge is 0.124 e. The second-order valence-corrected chi connectivity index (χ2v) is 7.33. The van der Waals surface area contributed by atoms with Gasteiger partial charge in [-0.05, 0) is 67.1 Å². The molecule has 0 amide bonds. The van der Waals surface area contributed by atoms with Gasteiger partial charge in [0, 0.05) is 27.3 Å². The fraction of sp³-hybridized carbons (Fsp3) is 0.182. The Morgan fingerprint density at radius 2 is 1.78 bits per heavy atom. The molecule has 0 atom stereocenters. The Kier molecular flexibility index (Phi) is 7.02. The van der Waals surface area contributed by atoms with Gasteiger partial charge in [0.25, 0.3) is 0 Å². The van der Waals surface area contributed by atoms with Gasteiger partial charge >= 0.3 is 0 Å². The van der Waals surface area contributed by atoms with Crippen molar-refractivity contribution in [2.75, 3.05) is 11.9 Å². The maximum atomic E-state index is 6.05. The molecule has 0 aromatic heterocycles. The Bertz CT molecular complexity index is 884. The molecule has 140 valence electrons. The van der Waals surface area contributed by atoms with Crippen molar-refractivity contribution in [2.45, 2.75) is 20.1 Å². The highest BCUT2D eigenvalue weighted by Gasteiger charge is 2.06. The van der Waals surface area contributed by atoms with Crippen LogP contribution in [0.4, 0.5) is 5.69 Å². The van der Waals surface area contributed by atoms with E-state index in [-0.39, 0.29) is 0 Å². The molecule has 0 fully saturated rings. The van der Waals surface area contributed by atoms with Gasteiger partial charge in [0.15, 0.2) is 0 Å². The van der Waals surface area contributed by atoms with Gasteiger partial charge in [-0.3, -0.25) is 0 Å². The summed E-state index contributed by atoms with van der Waals surface area (Å²) in [7, 11) is 0. The Morgan fingerprint density at radius 3 is 2.52 bits per heavy atom. The third-order valence-electron chi connectivity index (χ3n) is 3.95. The van der Waals surface area contributed by atoms with Crippen molar-refractivity contribution < 1.29 is 9.47 Å². The van der Waals surface area contributed by atoms with Crippen molar-refractivity contribution in [1.29, 1.82) is 0 Å². The second-order valence-electron chi connectivity index (χ2n) is 5.98. The number of ether oxygens (including phenoxy) is 2. The van der Waals surface area contributed by atoms with Crippen molar-refractivity contribution in [3.8, 4) is 11.5 Å². The zero-order valence-corrected chi connectivity index (χ0v) is 17.4. The van der Waals surface area contributed by atoms with Crippen LogP contribution in [0.5, 0.6) is 11.5 Å². The number of rotatable bonds is 8. The van der Waals surface area contributed by atoms with Crippen LogP contribution in [0, 0.1) is 0 Å². The van der Waals surface area contributed by atoms with E-state index in [0.29, 0.717) is 24.8 Å². The summed E-state index contributed by atoms with van der Waals surface area (Å²) in [6.07, 6.45) is 0. The highest BCUT2D eigenvalue weighted by Crippen LogP contribution is 2.26. The summed E-state index contributed by atoms with van der Waals surface area (Å²) in [6, 6.07) is 21.7. The van der Waals surface area contributed by atoms with Crippen LogP contribution in [0.1, 0.15) is 18.1 Å². The molecule has 0 bridgehead atoms.